The van der Waals surface area contributed by atoms with Crippen molar-refractivity contribution in [2.45, 2.75) is 13.1 Å². The predicted molar refractivity (Wildman–Crippen MR) is 73.8 cm³/mol. The summed E-state index contributed by atoms with van der Waals surface area (Å²) in [6.45, 7) is 2.03. The molecule has 0 radical (unpaired) electrons. The van der Waals surface area contributed by atoms with E-state index in [4.69, 9.17) is 0 Å². The fourth-order valence-electron chi connectivity index (χ4n) is 1.27. The van der Waals surface area contributed by atoms with Crippen LogP contribution < -0.4 is 16.2 Å². The van der Waals surface area contributed by atoms with E-state index in [0.29, 0.717) is 6.54 Å². The quantitative estimate of drug-likeness (QED) is 0.526. The van der Waals surface area contributed by atoms with E-state index in [-0.39, 0.29) is 9.13 Å². The molecule has 0 aliphatic carbocycles. The Bertz CT molecular complexity index is 520. The molecule has 0 fully saturated rings. The summed E-state index contributed by atoms with van der Waals surface area (Å²) < 4.78 is 38.1. The van der Waals surface area contributed by atoms with Crippen molar-refractivity contribution in [1.29, 1.82) is 0 Å². The van der Waals surface area contributed by atoms with Crippen molar-refractivity contribution in [1.82, 2.24) is 16.2 Å². The van der Waals surface area contributed by atoms with Crippen molar-refractivity contribution in [2.24, 2.45) is 0 Å². The number of halogens is 4. The van der Waals surface area contributed by atoms with E-state index < -0.39 is 23.7 Å². The Labute approximate surface area is 126 Å². The lowest BCUT2D eigenvalue weighted by atomic mass is 10.1. The van der Waals surface area contributed by atoms with Gasteiger partial charge >= 0.3 is 12.2 Å². The number of hydrogen-bond acceptors (Lipinski definition) is 2. The predicted octanol–water partition coefficient (Wildman–Crippen LogP) is 2.27. The van der Waals surface area contributed by atoms with Crippen LogP contribution in [0.2, 0.25) is 0 Å². The monoisotopic (exact) mass is 401 g/mol. The molecule has 0 saturated carbocycles. The summed E-state index contributed by atoms with van der Waals surface area (Å²) in [4.78, 5) is 22.7. The maximum absolute atomic E-state index is 12.6. The molecule has 20 heavy (non-hydrogen) atoms. The first-order valence-corrected chi connectivity index (χ1v) is 6.54. The van der Waals surface area contributed by atoms with Gasteiger partial charge in [-0.3, -0.25) is 10.2 Å². The third kappa shape index (κ3) is 4.87. The van der Waals surface area contributed by atoms with E-state index in [9.17, 15) is 22.8 Å². The number of carbonyl (C=O) groups excluding carboxylic acids is 2. The molecule has 5 nitrogen and oxygen atoms in total. The number of rotatable bonds is 2. The first-order chi connectivity index (χ1) is 9.24. The van der Waals surface area contributed by atoms with Crippen molar-refractivity contribution in [3.05, 3.63) is 32.9 Å². The van der Waals surface area contributed by atoms with Crippen LogP contribution >= 0.6 is 22.6 Å². The van der Waals surface area contributed by atoms with Crippen molar-refractivity contribution in [3.8, 4) is 0 Å². The highest BCUT2D eigenvalue weighted by atomic mass is 127. The second-order valence-corrected chi connectivity index (χ2v) is 4.91. The van der Waals surface area contributed by atoms with Gasteiger partial charge in [0, 0.05) is 15.7 Å². The highest BCUT2D eigenvalue weighted by molar-refractivity contribution is 14.1. The normalized spacial score (nSPS) is 10.8. The van der Waals surface area contributed by atoms with Crippen LogP contribution in [-0.2, 0) is 6.18 Å². The van der Waals surface area contributed by atoms with Crippen LogP contribution in [0.1, 0.15) is 22.8 Å². The molecule has 110 valence electrons. The number of benzene rings is 1. The molecule has 0 aliphatic heterocycles. The number of hydrazine groups is 1. The molecule has 0 spiro atoms. The molecule has 0 heterocycles. The van der Waals surface area contributed by atoms with E-state index in [1.807, 2.05) is 10.9 Å². The average molecular weight is 401 g/mol. The molecule has 0 saturated heterocycles. The second-order valence-electron chi connectivity index (χ2n) is 3.66. The summed E-state index contributed by atoms with van der Waals surface area (Å²) in [6, 6.07) is 2.28. The topological polar surface area (TPSA) is 70.2 Å². The number of hydrogen-bond donors (Lipinski definition) is 3. The zero-order chi connectivity index (χ0) is 15.3. The third-order valence-corrected chi connectivity index (χ3v) is 2.74. The van der Waals surface area contributed by atoms with Gasteiger partial charge in [-0.2, -0.15) is 13.2 Å². The fourth-order valence-corrected chi connectivity index (χ4v) is 1.95. The van der Waals surface area contributed by atoms with Crippen LogP contribution in [0, 0.1) is 3.57 Å². The van der Waals surface area contributed by atoms with Gasteiger partial charge in [0.1, 0.15) is 0 Å². The number of alkyl halides is 3. The van der Waals surface area contributed by atoms with Crippen LogP contribution in [-0.4, -0.2) is 18.5 Å². The first kappa shape index (κ1) is 16.5. The van der Waals surface area contributed by atoms with Crippen molar-refractivity contribution in [2.75, 3.05) is 6.54 Å². The molecule has 9 heteroatoms. The lowest BCUT2D eigenvalue weighted by Gasteiger charge is -2.11. The summed E-state index contributed by atoms with van der Waals surface area (Å²) in [5, 5.41) is 2.35. The fraction of sp³-hybridized carbons (Fsp3) is 0.273. The number of carbonyl (C=O) groups is 2. The molecule has 1 aromatic rings. The zero-order valence-electron chi connectivity index (χ0n) is 10.3. The lowest BCUT2D eigenvalue weighted by Crippen LogP contribution is -2.46. The van der Waals surface area contributed by atoms with Crippen LogP contribution in [0.15, 0.2) is 18.2 Å². The lowest BCUT2D eigenvalue weighted by molar-refractivity contribution is -0.137. The van der Waals surface area contributed by atoms with E-state index in [1.54, 1.807) is 29.5 Å². The minimum atomic E-state index is -4.54. The third-order valence-electron chi connectivity index (χ3n) is 2.11. The average Bonchev–Trinajstić information content (AvgIpc) is 2.34. The maximum Gasteiger partial charge on any atom is 0.416 e. The summed E-state index contributed by atoms with van der Waals surface area (Å²) in [5.74, 6) is -0.833. The maximum atomic E-state index is 12.6. The SMILES string of the molecule is CCNC(=O)NNC(=O)c1cc(I)cc(C(F)(F)F)c1. The molecule has 1 aromatic carbocycles. The summed E-state index contributed by atoms with van der Waals surface area (Å²) >= 11 is 1.68. The van der Waals surface area contributed by atoms with Gasteiger partial charge in [0.2, 0.25) is 0 Å². The number of nitrogens with one attached hydrogen (secondary N) is 3. The van der Waals surface area contributed by atoms with Gasteiger partial charge in [0.15, 0.2) is 0 Å². The van der Waals surface area contributed by atoms with Gasteiger partial charge in [-0.15, -0.1) is 0 Å². The van der Waals surface area contributed by atoms with E-state index >= 15 is 0 Å². The molecular weight excluding hydrogens is 390 g/mol. The van der Waals surface area contributed by atoms with Crippen LogP contribution in [0.25, 0.3) is 0 Å². The molecule has 0 aliphatic rings. The molecular formula is C11H11F3IN3O2. The number of urea groups is 1. The molecule has 0 atom stereocenters. The standard InChI is InChI=1S/C11H11F3IN3O2/c1-2-16-10(20)18-17-9(19)6-3-7(11(12,13)14)5-8(15)4-6/h3-5H,2H2,1H3,(H,17,19)(H2,16,18,20). The molecule has 3 amide bonds. The van der Waals surface area contributed by atoms with Gasteiger partial charge in [-0.25, -0.2) is 10.2 Å². The minimum Gasteiger partial charge on any atom is -0.337 e. The Balaban J connectivity index is 2.83. The highest BCUT2D eigenvalue weighted by Crippen LogP contribution is 2.31. The summed E-state index contributed by atoms with van der Waals surface area (Å²) in [7, 11) is 0. The molecule has 0 aromatic heterocycles. The van der Waals surface area contributed by atoms with Gasteiger partial charge < -0.3 is 5.32 Å². The van der Waals surface area contributed by atoms with E-state index in [1.165, 1.54) is 6.07 Å². The van der Waals surface area contributed by atoms with Crippen molar-refractivity contribution < 1.29 is 22.8 Å². The van der Waals surface area contributed by atoms with Gasteiger partial charge in [0.05, 0.1) is 5.56 Å². The Morgan fingerprint density at radius 2 is 1.85 bits per heavy atom. The largest absolute Gasteiger partial charge is 0.416 e. The second kappa shape index (κ2) is 6.77. The smallest absolute Gasteiger partial charge is 0.337 e. The minimum absolute atomic E-state index is 0.193. The summed E-state index contributed by atoms with van der Waals surface area (Å²) in [6.07, 6.45) is -4.54. The number of amides is 3. The Morgan fingerprint density at radius 1 is 1.20 bits per heavy atom. The molecule has 0 bridgehead atoms. The van der Waals surface area contributed by atoms with E-state index in [2.05, 4.69) is 5.32 Å². The van der Waals surface area contributed by atoms with Crippen LogP contribution in [0.5, 0.6) is 0 Å². The summed E-state index contributed by atoms with van der Waals surface area (Å²) in [5.41, 5.74) is 2.93. The zero-order valence-corrected chi connectivity index (χ0v) is 12.4. The van der Waals surface area contributed by atoms with Gasteiger partial charge in [-0.1, -0.05) is 0 Å². The highest BCUT2D eigenvalue weighted by Gasteiger charge is 2.31. The van der Waals surface area contributed by atoms with Crippen molar-refractivity contribution in [3.63, 3.8) is 0 Å². The molecule has 3 N–H and O–H groups in total. The van der Waals surface area contributed by atoms with Gasteiger partial charge in [0.25, 0.3) is 5.91 Å². The molecule has 0 unspecified atom stereocenters. The van der Waals surface area contributed by atoms with E-state index in [0.717, 1.165) is 12.1 Å². The van der Waals surface area contributed by atoms with Crippen LogP contribution in [0.3, 0.4) is 0 Å². The molecule has 1 rings (SSSR count). The van der Waals surface area contributed by atoms with Gasteiger partial charge in [-0.05, 0) is 47.7 Å². The Hall–Kier alpha value is -1.52. The van der Waals surface area contributed by atoms with Crippen LogP contribution in [0.4, 0.5) is 18.0 Å². The Kier molecular flexibility index (Phi) is 5.60. The van der Waals surface area contributed by atoms with Crippen molar-refractivity contribution >= 4 is 34.5 Å². The first-order valence-electron chi connectivity index (χ1n) is 5.46. The Morgan fingerprint density at radius 3 is 2.40 bits per heavy atom.